The number of carbonyl (C=O) groups is 1. The Morgan fingerprint density at radius 2 is 1.87 bits per heavy atom. The molecule has 2 aromatic rings. The van der Waals surface area contributed by atoms with Gasteiger partial charge in [0.25, 0.3) is 5.91 Å². The highest BCUT2D eigenvalue weighted by Gasteiger charge is 2.36. The third-order valence-corrected chi connectivity index (χ3v) is 6.87. The predicted octanol–water partition coefficient (Wildman–Crippen LogP) is 5.71. The Hall–Kier alpha value is -2.61. The van der Waals surface area contributed by atoms with E-state index in [1.165, 1.54) is 4.57 Å². The van der Waals surface area contributed by atoms with Gasteiger partial charge in [-0.25, -0.2) is 9.97 Å². The molecule has 0 aromatic carbocycles. The molecular formula is C24H30ClF5N4O4S. The van der Waals surface area contributed by atoms with E-state index in [1.54, 1.807) is 6.92 Å². The smallest absolute Gasteiger partial charge is 0.391 e. The second-order valence-corrected chi connectivity index (χ2v) is 9.95. The number of amides is 1. The van der Waals surface area contributed by atoms with Crippen LogP contribution in [0.15, 0.2) is 12.3 Å². The van der Waals surface area contributed by atoms with Gasteiger partial charge in [-0.15, -0.1) is 0 Å². The average molecular weight is 601 g/mol. The van der Waals surface area contributed by atoms with Gasteiger partial charge in [-0.3, -0.25) is 9.36 Å². The van der Waals surface area contributed by atoms with Gasteiger partial charge < -0.3 is 10.1 Å². The molecule has 0 spiro atoms. The topological polar surface area (TPSA) is 103 Å². The van der Waals surface area contributed by atoms with Crippen LogP contribution in [0.1, 0.15) is 68.3 Å². The molecule has 218 valence electrons. The zero-order valence-electron chi connectivity index (χ0n) is 21.6. The number of aromatic nitrogens is 3. The number of ether oxygens (including phenoxy) is 1. The summed E-state index contributed by atoms with van der Waals surface area (Å²) in [6, 6.07) is 1.08. The Bertz CT molecular complexity index is 1150. The van der Waals surface area contributed by atoms with Gasteiger partial charge >= 0.3 is 24.4 Å². The first-order valence-corrected chi connectivity index (χ1v) is 13.3. The molecule has 3 rings (SSSR count). The maximum Gasteiger partial charge on any atom is 0.391 e. The molecule has 0 bridgehead atoms. The Morgan fingerprint density at radius 1 is 1.26 bits per heavy atom. The van der Waals surface area contributed by atoms with Gasteiger partial charge in [0.1, 0.15) is 11.0 Å². The van der Waals surface area contributed by atoms with Crippen molar-refractivity contribution < 1.29 is 39.9 Å². The number of nitrogens with zero attached hydrogens (tertiary/aromatic N) is 3. The van der Waals surface area contributed by atoms with E-state index in [9.17, 15) is 26.7 Å². The summed E-state index contributed by atoms with van der Waals surface area (Å²) in [7, 11) is 0. The number of hydrogen-bond donors (Lipinski definition) is 1. The summed E-state index contributed by atoms with van der Waals surface area (Å²) in [6.45, 7) is 2.14. The Balaban J connectivity index is 0.00000170. The lowest BCUT2D eigenvalue weighted by Gasteiger charge is -2.26. The van der Waals surface area contributed by atoms with Crippen molar-refractivity contribution in [1.29, 1.82) is 0 Å². The SMILES string of the molecule is CCc1nc(C(=O)NCC2CCC(C)CC2)c(Cl)n1-c1ncc(CC(C)C(F)(F)F)cc1OC(F)F.O=S=O. The maximum absolute atomic E-state index is 13.2. The van der Waals surface area contributed by atoms with E-state index in [-0.39, 0.29) is 34.5 Å². The molecule has 0 aliphatic heterocycles. The van der Waals surface area contributed by atoms with E-state index in [4.69, 9.17) is 20.0 Å². The molecule has 2 aromatic heterocycles. The minimum atomic E-state index is -4.45. The normalized spacial score (nSPS) is 18.2. The number of aryl methyl sites for hydroxylation is 1. The Kier molecular flexibility index (Phi) is 12.3. The zero-order valence-corrected chi connectivity index (χ0v) is 23.1. The average Bonchev–Trinajstić information content (AvgIpc) is 3.19. The molecule has 39 heavy (non-hydrogen) atoms. The lowest BCUT2D eigenvalue weighted by molar-refractivity contribution is -0.169. The molecule has 1 atom stereocenters. The van der Waals surface area contributed by atoms with Crippen LogP contribution in [-0.4, -0.2) is 48.2 Å². The third kappa shape index (κ3) is 9.23. The lowest BCUT2D eigenvalue weighted by Crippen LogP contribution is -2.31. The second-order valence-electron chi connectivity index (χ2n) is 9.45. The van der Waals surface area contributed by atoms with Crippen molar-refractivity contribution in [1.82, 2.24) is 19.9 Å². The molecule has 1 N–H and O–H groups in total. The van der Waals surface area contributed by atoms with Crippen molar-refractivity contribution in [2.75, 3.05) is 6.54 Å². The van der Waals surface area contributed by atoms with Crippen molar-refractivity contribution >= 4 is 29.1 Å². The van der Waals surface area contributed by atoms with Crippen LogP contribution < -0.4 is 10.1 Å². The summed E-state index contributed by atoms with van der Waals surface area (Å²) >= 11 is 5.73. The standard InChI is InChI=1S/C24H30ClF5N4O2.O2S/c1-4-18-33-19(22(35)32-11-15-7-5-13(2)6-8-15)20(25)34(18)21-17(36-23(26)27)10-16(12-31-21)9-14(3)24(28,29)30;1-3-2/h10,12-15,23H,4-9,11H2,1-3H3,(H,32,35);. The number of pyridine rings is 1. The molecule has 1 unspecified atom stereocenters. The van der Waals surface area contributed by atoms with Crippen molar-refractivity contribution in [3.63, 3.8) is 0 Å². The van der Waals surface area contributed by atoms with Gasteiger partial charge in [-0.1, -0.05) is 45.2 Å². The van der Waals surface area contributed by atoms with E-state index in [0.717, 1.165) is 44.9 Å². The van der Waals surface area contributed by atoms with Crippen LogP contribution in [-0.2, 0) is 24.4 Å². The number of imidazole rings is 1. The highest BCUT2D eigenvalue weighted by atomic mass is 35.5. The largest absolute Gasteiger partial charge is 0.431 e. The minimum absolute atomic E-state index is 0.0632. The van der Waals surface area contributed by atoms with E-state index in [2.05, 4.69) is 26.9 Å². The number of rotatable bonds is 9. The van der Waals surface area contributed by atoms with E-state index >= 15 is 0 Å². The van der Waals surface area contributed by atoms with Crippen LogP contribution >= 0.6 is 11.6 Å². The second kappa shape index (κ2) is 14.7. The van der Waals surface area contributed by atoms with E-state index in [1.807, 2.05) is 0 Å². The molecular weight excluding hydrogens is 571 g/mol. The Morgan fingerprint density at radius 3 is 2.41 bits per heavy atom. The number of halogens is 6. The summed E-state index contributed by atoms with van der Waals surface area (Å²) in [6.07, 6.45) is 0.735. The van der Waals surface area contributed by atoms with Crippen LogP contribution in [0.2, 0.25) is 5.15 Å². The highest BCUT2D eigenvalue weighted by molar-refractivity contribution is 7.51. The molecule has 15 heteroatoms. The van der Waals surface area contributed by atoms with Crippen molar-refractivity contribution in [2.24, 2.45) is 17.8 Å². The van der Waals surface area contributed by atoms with Crippen LogP contribution in [0.5, 0.6) is 5.75 Å². The van der Waals surface area contributed by atoms with E-state index < -0.39 is 48.4 Å². The van der Waals surface area contributed by atoms with Crippen molar-refractivity contribution in [2.45, 2.75) is 72.1 Å². The number of nitrogens with one attached hydrogen (secondary N) is 1. The van der Waals surface area contributed by atoms with Gasteiger partial charge in [0, 0.05) is 19.2 Å². The Labute approximate surface area is 231 Å². The summed E-state index contributed by atoms with van der Waals surface area (Å²) in [4.78, 5) is 21.2. The van der Waals surface area contributed by atoms with Gasteiger partial charge in [-0.05, 0) is 42.7 Å². The maximum atomic E-state index is 13.2. The lowest BCUT2D eigenvalue weighted by atomic mass is 9.83. The zero-order chi connectivity index (χ0) is 29.3. The predicted molar refractivity (Wildman–Crippen MR) is 134 cm³/mol. The fourth-order valence-electron chi connectivity index (χ4n) is 4.30. The molecule has 0 radical (unpaired) electrons. The first kappa shape index (κ1) is 32.6. The molecule has 1 aliphatic carbocycles. The summed E-state index contributed by atoms with van der Waals surface area (Å²) in [5, 5.41) is 2.71. The minimum Gasteiger partial charge on any atom is -0.431 e. The molecule has 2 heterocycles. The highest BCUT2D eigenvalue weighted by Crippen LogP contribution is 2.33. The fraction of sp³-hybridized carbons (Fsp3) is 0.625. The van der Waals surface area contributed by atoms with Gasteiger partial charge in [0.15, 0.2) is 17.3 Å². The molecule has 1 aliphatic rings. The fourth-order valence-corrected chi connectivity index (χ4v) is 4.61. The quantitative estimate of drug-likeness (QED) is 0.370. The van der Waals surface area contributed by atoms with Crippen LogP contribution in [0.4, 0.5) is 22.0 Å². The molecule has 1 fully saturated rings. The monoisotopic (exact) mass is 600 g/mol. The molecule has 0 saturated heterocycles. The first-order valence-electron chi connectivity index (χ1n) is 12.3. The summed E-state index contributed by atoms with van der Waals surface area (Å²) in [5.41, 5.74) is -0.0226. The van der Waals surface area contributed by atoms with Crippen LogP contribution in [0.25, 0.3) is 5.82 Å². The van der Waals surface area contributed by atoms with Crippen molar-refractivity contribution in [3.8, 4) is 11.6 Å². The van der Waals surface area contributed by atoms with Crippen LogP contribution in [0, 0.1) is 17.8 Å². The van der Waals surface area contributed by atoms with E-state index in [0.29, 0.717) is 18.4 Å². The number of alkyl halides is 5. The molecule has 1 amide bonds. The van der Waals surface area contributed by atoms with Crippen LogP contribution in [0.3, 0.4) is 0 Å². The van der Waals surface area contributed by atoms with Gasteiger partial charge in [-0.2, -0.15) is 30.4 Å². The molecule has 8 nitrogen and oxygen atoms in total. The van der Waals surface area contributed by atoms with Crippen molar-refractivity contribution in [3.05, 3.63) is 34.5 Å². The third-order valence-electron chi connectivity index (χ3n) is 6.53. The first-order chi connectivity index (χ1) is 18.3. The molecule has 1 saturated carbocycles. The van der Waals surface area contributed by atoms with Gasteiger partial charge in [0.2, 0.25) is 0 Å². The summed E-state index contributed by atoms with van der Waals surface area (Å²) < 4.78 is 87.6. The summed E-state index contributed by atoms with van der Waals surface area (Å²) in [5.74, 6) is -1.57. The number of hydrogen-bond acceptors (Lipinski definition) is 6. The van der Waals surface area contributed by atoms with Gasteiger partial charge in [0.05, 0.1) is 5.92 Å². The number of carbonyl (C=O) groups excluding carboxylic acids is 1.